The Labute approximate surface area is 145 Å². The van der Waals surface area contributed by atoms with Gasteiger partial charge in [-0.2, -0.15) is 0 Å². The largest absolute Gasteiger partial charge is 0.485 e. The molecule has 0 radical (unpaired) electrons. The number of aryl methyl sites for hydroxylation is 1. The predicted molar refractivity (Wildman–Crippen MR) is 91.7 cm³/mol. The highest BCUT2D eigenvalue weighted by Crippen LogP contribution is 2.31. The summed E-state index contributed by atoms with van der Waals surface area (Å²) in [6.07, 6.45) is -1.85. The Kier molecular flexibility index (Phi) is 4.88. The van der Waals surface area contributed by atoms with E-state index in [4.69, 9.17) is 14.2 Å². The number of amides is 1. The summed E-state index contributed by atoms with van der Waals surface area (Å²) in [5.74, 6) is 0.0156. The minimum atomic E-state index is -0.950. The van der Waals surface area contributed by atoms with Gasteiger partial charge in [0, 0.05) is 5.69 Å². The van der Waals surface area contributed by atoms with Crippen molar-refractivity contribution in [3.8, 4) is 11.5 Å². The van der Waals surface area contributed by atoms with Crippen molar-refractivity contribution in [2.45, 2.75) is 26.1 Å². The summed E-state index contributed by atoms with van der Waals surface area (Å²) < 4.78 is 16.3. The number of ether oxygens (including phenoxy) is 3. The van der Waals surface area contributed by atoms with Gasteiger partial charge in [0.05, 0.1) is 0 Å². The zero-order valence-corrected chi connectivity index (χ0v) is 14.0. The fourth-order valence-electron chi connectivity index (χ4n) is 2.41. The van der Waals surface area contributed by atoms with Crippen molar-refractivity contribution in [1.82, 2.24) is 0 Å². The minimum Gasteiger partial charge on any atom is -0.485 e. The van der Waals surface area contributed by atoms with Gasteiger partial charge in [0.15, 0.2) is 17.6 Å². The molecule has 0 spiro atoms. The summed E-state index contributed by atoms with van der Waals surface area (Å²) in [7, 11) is 0. The molecule has 2 aromatic carbocycles. The van der Waals surface area contributed by atoms with Crippen LogP contribution in [0.5, 0.6) is 11.5 Å². The van der Waals surface area contributed by atoms with Gasteiger partial charge in [-0.15, -0.1) is 0 Å². The van der Waals surface area contributed by atoms with Gasteiger partial charge in [-0.05, 0) is 43.7 Å². The summed E-state index contributed by atoms with van der Waals surface area (Å²) in [6.45, 7) is 3.49. The van der Waals surface area contributed by atoms with Crippen molar-refractivity contribution in [3.63, 3.8) is 0 Å². The van der Waals surface area contributed by atoms with Gasteiger partial charge >= 0.3 is 5.97 Å². The summed E-state index contributed by atoms with van der Waals surface area (Å²) >= 11 is 0. The number of hydrogen-bond donors (Lipinski definition) is 1. The molecule has 2 atom stereocenters. The first-order valence-corrected chi connectivity index (χ1v) is 7.99. The number of anilines is 1. The molecule has 0 bridgehead atoms. The molecule has 3 rings (SSSR count). The lowest BCUT2D eigenvalue weighted by atomic mass is 10.2. The van der Waals surface area contributed by atoms with E-state index in [-0.39, 0.29) is 6.61 Å². The molecule has 1 aliphatic heterocycles. The normalized spacial score (nSPS) is 16.6. The number of esters is 1. The van der Waals surface area contributed by atoms with Crippen LogP contribution in [0.1, 0.15) is 12.5 Å². The maximum atomic E-state index is 12.2. The Morgan fingerprint density at radius 1 is 1.16 bits per heavy atom. The van der Waals surface area contributed by atoms with E-state index in [1.54, 1.807) is 24.3 Å². The Bertz CT molecular complexity index is 789. The van der Waals surface area contributed by atoms with Gasteiger partial charge in [-0.25, -0.2) is 4.79 Å². The van der Waals surface area contributed by atoms with E-state index in [0.29, 0.717) is 17.2 Å². The van der Waals surface area contributed by atoms with Gasteiger partial charge < -0.3 is 19.5 Å². The van der Waals surface area contributed by atoms with Crippen LogP contribution in [0.15, 0.2) is 48.5 Å². The highest BCUT2D eigenvalue weighted by molar-refractivity contribution is 5.95. The molecule has 2 aromatic rings. The van der Waals surface area contributed by atoms with Crippen LogP contribution in [0, 0.1) is 6.92 Å². The zero-order chi connectivity index (χ0) is 17.8. The Hall–Kier alpha value is -3.02. The lowest BCUT2D eigenvalue weighted by molar-refractivity contribution is -0.162. The number of nitrogens with one attached hydrogen (secondary N) is 1. The molecule has 130 valence electrons. The second-order valence-electron chi connectivity index (χ2n) is 5.80. The average molecular weight is 341 g/mol. The minimum absolute atomic E-state index is 0.0437. The van der Waals surface area contributed by atoms with Crippen molar-refractivity contribution < 1.29 is 23.8 Å². The van der Waals surface area contributed by atoms with Gasteiger partial charge in [0.1, 0.15) is 6.61 Å². The fourth-order valence-corrected chi connectivity index (χ4v) is 2.41. The second-order valence-corrected chi connectivity index (χ2v) is 5.80. The number of carbonyl (C=O) groups excluding carboxylic acids is 2. The standard InChI is InChI=1S/C19H19NO5/c1-12-6-5-7-14(10-12)20-18(21)13(2)24-19(22)17-11-23-15-8-3-4-9-16(15)25-17/h3-10,13,17H,11H2,1-2H3,(H,20,21)/t13-,17-/m0/s1. The first kappa shape index (κ1) is 16.8. The van der Waals surface area contributed by atoms with Crippen LogP contribution in [-0.2, 0) is 14.3 Å². The van der Waals surface area contributed by atoms with Crippen LogP contribution in [-0.4, -0.2) is 30.7 Å². The third kappa shape index (κ3) is 4.09. The van der Waals surface area contributed by atoms with E-state index in [2.05, 4.69) is 5.32 Å². The molecule has 0 aliphatic carbocycles. The van der Waals surface area contributed by atoms with Crippen LogP contribution in [0.4, 0.5) is 5.69 Å². The van der Waals surface area contributed by atoms with Crippen LogP contribution in [0.3, 0.4) is 0 Å². The quantitative estimate of drug-likeness (QED) is 0.866. The molecular formula is C19H19NO5. The Balaban J connectivity index is 1.56. The molecule has 0 saturated heterocycles. The van der Waals surface area contributed by atoms with E-state index < -0.39 is 24.1 Å². The van der Waals surface area contributed by atoms with Crippen molar-refractivity contribution >= 4 is 17.6 Å². The van der Waals surface area contributed by atoms with Crippen molar-refractivity contribution in [3.05, 3.63) is 54.1 Å². The molecule has 1 aliphatic rings. The zero-order valence-electron chi connectivity index (χ0n) is 14.0. The molecular weight excluding hydrogens is 322 g/mol. The van der Waals surface area contributed by atoms with E-state index >= 15 is 0 Å². The molecule has 0 fully saturated rings. The topological polar surface area (TPSA) is 73.9 Å². The maximum absolute atomic E-state index is 12.2. The molecule has 0 aromatic heterocycles. The van der Waals surface area contributed by atoms with Crippen LogP contribution < -0.4 is 14.8 Å². The van der Waals surface area contributed by atoms with Gasteiger partial charge in [-0.3, -0.25) is 4.79 Å². The first-order valence-electron chi connectivity index (χ1n) is 7.99. The number of para-hydroxylation sites is 2. The van der Waals surface area contributed by atoms with Crippen molar-refractivity contribution in [2.24, 2.45) is 0 Å². The molecule has 1 N–H and O–H groups in total. The van der Waals surface area contributed by atoms with E-state index in [9.17, 15) is 9.59 Å². The third-order valence-corrected chi connectivity index (χ3v) is 3.72. The Morgan fingerprint density at radius 3 is 2.68 bits per heavy atom. The molecule has 6 heteroatoms. The molecule has 0 unspecified atom stereocenters. The average Bonchev–Trinajstić information content (AvgIpc) is 2.61. The number of fused-ring (bicyclic) bond motifs is 1. The highest BCUT2D eigenvalue weighted by atomic mass is 16.6. The van der Waals surface area contributed by atoms with E-state index in [1.165, 1.54) is 6.92 Å². The van der Waals surface area contributed by atoms with E-state index in [1.807, 2.05) is 31.2 Å². The van der Waals surface area contributed by atoms with E-state index in [0.717, 1.165) is 5.56 Å². The molecule has 1 heterocycles. The molecule has 1 amide bonds. The maximum Gasteiger partial charge on any atom is 0.351 e. The second kappa shape index (κ2) is 7.25. The lowest BCUT2D eigenvalue weighted by Gasteiger charge is -2.25. The van der Waals surface area contributed by atoms with Gasteiger partial charge in [0.25, 0.3) is 5.91 Å². The number of hydrogen-bond acceptors (Lipinski definition) is 5. The molecule has 6 nitrogen and oxygen atoms in total. The van der Waals surface area contributed by atoms with Crippen molar-refractivity contribution in [2.75, 3.05) is 11.9 Å². The summed E-state index contributed by atoms with van der Waals surface area (Å²) in [5.41, 5.74) is 1.67. The Morgan fingerprint density at radius 2 is 1.92 bits per heavy atom. The van der Waals surface area contributed by atoms with Crippen LogP contribution in [0.25, 0.3) is 0 Å². The van der Waals surface area contributed by atoms with Crippen molar-refractivity contribution in [1.29, 1.82) is 0 Å². The fraction of sp³-hybridized carbons (Fsp3) is 0.263. The SMILES string of the molecule is Cc1cccc(NC(=O)[C@H](C)OC(=O)[C@@H]2COc3ccccc3O2)c1. The van der Waals surface area contributed by atoms with Crippen LogP contribution in [0.2, 0.25) is 0 Å². The summed E-state index contributed by atoms with van der Waals surface area (Å²) in [5, 5.41) is 2.72. The molecule has 25 heavy (non-hydrogen) atoms. The monoisotopic (exact) mass is 341 g/mol. The van der Waals surface area contributed by atoms with Gasteiger partial charge in [0.2, 0.25) is 6.10 Å². The predicted octanol–water partition coefficient (Wildman–Crippen LogP) is 2.71. The number of carbonyl (C=O) groups is 2. The van der Waals surface area contributed by atoms with Gasteiger partial charge in [-0.1, -0.05) is 24.3 Å². The lowest BCUT2D eigenvalue weighted by Crippen LogP contribution is -2.41. The smallest absolute Gasteiger partial charge is 0.351 e. The summed E-state index contributed by atoms with van der Waals surface area (Å²) in [6, 6.07) is 14.4. The number of benzene rings is 2. The third-order valence-electron chi connectivity index (χ3n) is 3.72. The highest BCUT2D eigenvalue weighted by Gasteiger charge is 2.31. The van der Waals surface area contributed by atoms with Crippen LogP contribution >= 0.6 is 0 Å². The number of rotatable bonds is 4. The summed E-state index contributed by atoms with van der Waals surface area (Å²) in [4.78, 5) is 24.4. The first-order chi connectivity index (χ1) is 12.0. The molecule has 0 saturated carbocycles.